The Morgan fingerprint density at radius 1 is 1.19 bits per heavy atom. The number of methoxy groups -OCH3 is 1. The first-order valence-corrected chi connectivity index (χ1v) is 6.81. The molecular formula is C16H13ClN2O2. The van der Waals surface area contributed by atoms with Crippen LogP contribution in [0.2, 0.25) is 5.15 Å². The summed E-state index contributed by atoms with van der Waals surface area (Å²) in [6.07, 6.45) is 1.60. The Hall–Kier alpha value is -2.33. The predicted molar refractivity (Wildman–Crippen MR) is 83.6 cm³/mol. The number of nitrogens with zero attached hydrogens (tertiary/aromatic N) is 2. The average molecular weight is 301 g/mol. The number of ether oxygens (including phenoxy) is 1. The van der Waals surface area contributed by atoms with Crippen LogP contribution in [0.1, 0.15) is 5.69 Å². The number of hydrogen-bond acceptors (Lipinski definition) is 3. The van der Waals surface area contributed by atoms with Crippen molar-refractivity contribution in [2.45, 2.75) is 6.92 Å². The van der Waals surface area contributed by atoms with E-state index < -0.39 is 0 Å². The van der Waals surface area contributed by atoms with Gasteiger partial charge in [-0.25, -0.2) is 4.98 Å². The number of aryl methyl sites for hydroxylation is 1. The van der Waals surface area contributed by atoms with Gasteiger partial charge in [0.2, 0.25) is 0 Å². The zero-order valence-corrected chi connectivity index (χ0v) is 12.4. The van der Waals surface area contributed by atoms with Gasteiger partial charge in [0, 0.05) is 17.6 Å². The van der Waals surface area contributed by atoms with Crippen LogP contribution in [0.25, 0.3) is 16.5 Å². The summed E-state index contributed by atoms with van der Waals surface area (Å²) in [6, 6.07) is 11.0. The van der Waals surface area contributed by atoms with Gasteiger partial charge in [0.1, 0.15) is 10.9 Å². The summed E-state index contributed by atoms with van der Waals surface area (Å²) in [5.74, 6) is 0.741. The summed E-state index contributed by atoms with van der Waals surface area (Å²) < 4.78 is 6.76. The van der Waals surface area contributed by atoms with Crippen molar-refractivity contribution in [3.63, 3.8) is 0 Å². The molecule has 0 fully saturated rings. The van der Waals surface area contributed by atoms with E-state index in [9.17, 15) is 4.79 Å². The molecule has 106 valence electrons. The Labute approximate surface area is 126 Å². The lowest BCUT2D eigenvalue weighted by molar-refractivity contribution is 0.414. The first kappa shape index (κ1) is 13.6. The van der Waals surface area contributed by atoms with E-state index in [1.165, 1.54) is 0 Å². The molecule has 0 saturated heterocycles. The van der Waals surface area contributed by atoms with Crippen molar-refractivity contribution in [2.24, 2.45) is 0 Å². The highest BCUT2D eigenvalue weighted by Crippen LogP contribution is 2.21. The highest BCUT2D eigenvalue weighted by atomic mass is 35.5. The normalized spacial score (nSPS) is 10.8. The maximum atomic E-state index is 12.7. The second-order valence-electron chi connectivity index (χ2n) is 4.69. The lowest BCUT2D eigenvalue weighted by Gasteiger charge is -2.12. The second-order valence-corrected chi connectivity index (χ2v) is 5.05. The molecule has 0 N–H and O–H groups in total. The molecule has 2 aromatic heterocycles. The van der Waals surface area contributed by atoms with Gasteiger partial charge in [-0.1, -0.05) is 11.6 Å². The SMILES string of the molecule is COc1ccc(-n2c(C)cc3ccnc(Cl)c3c2=O)cc1. The van der Waals surface area contributed by atoms with Gasteiger partial charge in [-0.05, 0) is 48.7 Å². The number of fused-ring (bicyclic) bond motifs is 1. The van der Waals surface area contributed by atoms with E-state index in [2.05, 4.69) is 4.98 Å². The van der Waals surface area contributed by atoms with E-state index in [1.807, 2.05) is 37.3 Å². The van der Waals surface area contributed by atoms with Crippen molar-refractivity contribution in [1.82, 2.24) is 9.55 Å². The molecule has 0 radical (unpaired) electrons. The smallest absolute Gasteiger partial charge is 0.266 e. The van der Waals surface area contributed by atoms with Crippen LogP contribution in [0.3, 0.4) is 0 Å². The molecule has 2 heterocycles. The molecule has 0 aliphatic heterocycles. The molecule has 0 aliphatic carbocycles. The summed E-state index contributed by atoms with van der Waals surface area (Å²) in [5.41, 5.74) is 1.42. The molecule has 0 saturated carbocycles. The fraction of sp³-hybridized carbons (Fsp3) is 0.125. The van der Waals surface area contributed by atoms with Crippen LogP contribution in [0.4, 0.5) is 0 Å². The molecule has 0 amide bonds. The number of aromatic nitrogens is 2. The van der Waals surface area contributed by atoms with Gasteiger partial charge in [-0.2, -0.15) is 0 Å². The lowest BCUT2D eigenvalue weighted by Crippen LogP contribution is -2.21. The van der Waals surface area contributed by atoms with E-state index in [0.29, 0.717) is 5.39 Å². The summed E-state index contributed by atoms with van der Waals surface area (Å²) in [7, 11) is 1.61. The van der Waals surface area contributed by atoms with E-state index in [-0.39, 0.29) is 10.7 Å². The number of hydrogen-bond donors (Lipinski definition) is 0. The second kappa shape index (κ2) is 5.22. The van der Waals surface area contributed by atoms with Crippen LogP contribution < -0.4 is 10.3 Å². The third-order valence-electron chi connectivity index (χ3n) is 3.40. The summed E-state index contributed by atoms with van der Waals surface area (Å²) >= 11 is 6.08. The van der Waals surface area contributed by atoms with Crippen LogP contribution >= 0.6 is 11.6 Å². The first-order chi connectivity index (χ1) is 10.1. The largest absolute Gasteiger partial charge is 0.497 e. The maximum absolute atomic E-state index is 12.7. The van der Waals surface area contributed by atoms with Crippen LogP contribution in [-0.4, -0.2) is 16.7 Å². The topological polar surface area (TPSA) is 44.1 Å². The number of rotatable bonds is 2. The van der Waals surface area contributed by atoms with E-state index in [1.54, 1.807) is 23.9 Å². The Morgan fingerprint density at radius 3 is 2.57 bits per heavy atom. The number of pyridine rings is 2. The number of benzene rings is 1. The minimum Gasteiger partial charge on any atom is -0.497 e. The first-order valence-electron chi connectivity index (χ1n) is 6.43. The molecule has 0 bridgehead atoms. The molecule has 0 atom stereocenters. The van der Waals surface area contributed by atoms with Crippen LogP contribution in [0.5, 0.6) is 5.75 Å². The Kier molecular flexibility index (Phi) is 3.39. The molecule has 5 heteroatoms. The van der Waals surface area contributed by atoms with Gasteiger partial charge in [0.25, 0.3) is 5.56 Å². The van der Waals surface area contributed by atoms with Crippen LogP contribution in [0, 0.1) is 6.92 Å². The van der Waals surface area contributed by atoms with Gasteiger partial charge in [-0.3, -0.25) is 9.36 Å². The zero-order valence-electron chi connectivity index (χ0n) is 11.6. The molecule has 0 aliphatic rings. The fourth-order valence-corrected chi connectivity index (χ4v) is 2.64. The van der Waals surface area contributed by atoms with Gasteiger partial charge in [0.15, 0.2) is 0 Å². The van der Waals surface area contributed by atoms with Crippen molar-refractivity contribution in [3.05, 3.63) is 63.8 Å². The van der Waals surface area contributed by atoms with Crippen LogP contribution in [-0.2, 0) is 0 Å². The Morgan fingerprint density at radius 2 is 1.90 bits per heavy atom. The monoisotopic (exact) mass is 300 g/mol. The Balaban J connectivity index is 2.31. The van der Waals surface area contributed by atoms with Crippen molar-refractivity contribution in [2.75, 3.05) is 7.11 Å². The van der Waals surface area contributed by atoms with Crippen molar-refractivity contribution in [3.8, 4) is 11.4 Å². The maximum Gasteiger partial charge on any atom is 0.266 e. The summed E-state index contributed by atoms with van der Waals surface area (Å²) in [4.78, 5) is 16.7. The fourth-order valence-electron chi connectivity index (χ4n) is 2.40. The summed E-state index contributed by atoms with van der Waals surface area (Å²) in [5, 5.41) is 1.45. The third kappa shape index (κ3) is 2.28. The third-order valence-corrected chi connectivity index (χ3v) is 3.69. The van der Waals surface area contributed by atoms with E-state index >= 15 is 0 Å². The minimum atomic E-state index is -0.173. The van der Waals surface area contributed by atoms with Crippen LogP contribution in [0.15, 0.2) is 47.4 Å². The highest BCUT2D eigenvalue weighted by molar-refractivity contribution is 6.34. The average Bonchev–Trinajstić information content (AvgIpc) is 2.47. The molecule has 0 spiro atoms. The van der Waals surface area contributed by atoms with Gasteiger partial charge in [0.05, 0.1) is 12.5 Å². The summed E-state index contributed by atoms with van der Waals surface area (Å²) in [6.45, 7) is 1.89. The zero-order chi connectivity index (χ0) is 15.0. The van der Waals surface area contributed by atoms with E-state index in [4.69, 9.17) is 16.3 Å². The molecule has 0 unspecified atom stereocenters. The van der Waals surface area contributed by atoms with Crippen molar-refractivity contribution < 1.29 is 4.74 Å². The number of halogens is 1. The lowest BCUT2D eigenvalue weighted by atomic mass is 10.2. The predicted octanol–water partition coefficient (Wildman–Crippen LogP) is 3.36. The highest BCUT2D eigenvalue weighted by Gasteiger charge is 2.11. The Bertz CT molecular complexity index is 870. The molecular weight excluding hydrogens is 288 g/mol. The molecule has 4 nitrogen and oxygen atoms in total. The molecule has 3 rings (SSSR count). The standard InChI is InChI=1S/C16H13ClN2O2/c1-10-9-11-7-8-18-15(17)14(11)16(20)19(10)12-3-5-13(21-2)6-4-12/h3-9H,1-2H3. The van der Waals surface area contributed by atoms with Crippen molar-refractivity contribution in [1.29, 1.82) is 0 Å². The van der Waals surface area contributed by atoms with Gasteiger partial charge < -0.3 is 4.74 Å². The van der Waals surface area contributed by atoms with Gasteiger partial charge in [-0.15, -0.1) is 0 Å². The van der Waals surface area contributed by atoms with E-state index in [0.717, 1.165) is 22.5 Å². The quantitative estimate of drug-likeness (QED) is 0.682. The minimum absolute atomic E-state index is 0.173. The molecule has 1 aromatic carbocycles. The molecule has 3 aromatic rings. The van der Waals surface area contributed by atoms with Crippen molar-refractivity contribution >= 4 is 22.4 Å². The van der Waals surface area contributed by atoms with Gasteiger partial charge >= 0.3 is 0 Å². The molecule has 21 heavy (non-hydrogen) atoms.